The van der Waals surface area contributed by atoms with E-state index in [0.717, 1.165) is 16.9 Å². The molecule has 1 heterocycles. The molecule has 0 aliphatic carbocycles. The van der Waals surface area contributed by atoms with Gasteiger partial charge in [-0.15, -0.1) is 0 Å². The summed E-state index contributed by atoms with van der Waals surface area (Å²) in [6.07, 6.45) is 1.44. The van der Waals surface area contributed by atoms with Gasteiger partial charge in [0, 0.05) is 10.7 Å². The summed E-state index contributed by atoms with van der Waals surface area (Å²) in [5.41, 5.74) is 15.3. The molecule has 3 aromatic rings. The van der Waals surface area contributed by atoms with Gasteiger partial charge in [-0.3, -0.25) is 10.9 Å². The highest BCUT2D eigenvalue weighted by Gasteiger charge is 2.10. The molecule has 1 aromatic heterocycles. The van der Waals surface area contributed by atoms with Gasteiger partial charge in [0.05, 0.1) is 5.69 Å². The first kappa shape index (κ1) is 15.9. The number of halogens is 1. The minimum atomic E-state index is 0.403. The van der Waals surface area contributed by atoms with E-state index >= 15 is 0 Å². The molecular formula is C17H17ClN6. The summed E-state index contributed by atoms with van der Waals surface area (Å²) in [4.78, 5) is 8.36. The Bertz CT molecular complexity index is 838. The minimum Gasteiger partial charge on any atom is -0.393 e. The molecule has 0 atom stereocenters. The highest BCUT2D eigenvalue weighted by Crippen LogP contribution is 2.29. The molecule has 0 aliphatic heterocycles. The summed E-state index contributed by atoms with van der Waals surface area (Å²) in [6.45, 7) is 1.93. The van der Waals surface area contributed by atoms with Crippen LogP contribution in [0.2, 0.25) is 5.02 Å². The second-order valence-electron chi connectivity index (χ2n) is 5.14. The first-order valence-electron chi connectivity index (χ1n) is 7.35. The Morgan fingerprint density at radius 1 is 0.917 bits per heavy atom. The van der Waals surface area contributed by atoms with Crippen molar-refractivity contribution in [3.8, 4) is 0 Å². The van der Waals surface area contributed by atoms with Crippen LogP contribution in [0.15, 0.2) is 54.9 Å². The predicted molar refractivity (Wildman–Crippen MR) is 99.6 cm³/mol. The van der Waals surface area contributed by atoms with Gasteiger partial charge in [0.1, 0.15) is 12.0 Å². The van der Waals surface area contributed by atoms with Crippen LogP contribution in [0, 0.1) is 6.92 Å². The molecule has 7 heteroatoms. The maximum absolute atomic E-state index is 6.16. The van der Waals surface area contributed by atoms with Crippen molar-refractivity contribution in [2.24, 2.45) is 0 Å². The number of nitrogens with one attached hydrogen (secondary N) is 3. The topological polar surface area (TPSA) is 87.9 Å². The Morgan fingerprint density at radius 3 is 2.46 bits per heavy atom. The summed E-state index contributed by atoms with van der Waals surface area (Å²) < 4.78 is 0. The normalized spacial score (nSPS) is 10.2. The zero-order chi connectivity index (χ0) is 16.9. The lowest BCUT2D eigenvalue weighted by molar-refractivity contribution is 1.16. The molecule has 2 aromatic carbocycles. The van der Waals surface area contributed by atoms with Crippen LogP contribution in [0.5, 0.6) is 0 Å². The maximum atomic E-state index is 6.16. The number of anilines is 5. The van der Waals surface area contributed by atoms with E-state index in [1.54, 1.807) is 0 Å². The third kappa shape index (κ3) is 3.49. The van der Waals surface area contributed by atoms with Gasteiger partial charge in [0.25, 0.3) is 0 Å². The van der Waals surface area contributed by atoms with Crippen molar-refractivity contribution in [2.45, 2.75) is 6.92 Å². The highest BCUT2D eigenvalue weighted by molar-refractivity contribution is 6.31. The van der Waals surface area contributed by atoms with Crippen molar-refractivity contribution >= 4 is 40.3 Å². The van der Waals surface area contributed by atoms with Gasteiger partial charge in [0.15, 0.2) is 11.6 Å². The van der Waals surface area contributed by atoms with E-state index in [-0.39, 0.29) is 0 Å². The molecule has 0 aliphatic rings. The van der Waals surface area contributed by atoms with E-state index in [2.05, 4.69) is 26.1 Å². The second kappa shape index (κ2) is 7.06. The largest absolute Gasteiger partial charge is 0.393 e. The van der Waals surface area contributed by atoms with E-state index in [1.165, 1.54) is 6.33 Å². The average Bonchev–Trinajstić information content (AvgIpc) is 2.60. The molecule has 0 spiro atoms. The third-order valence-electron chi connectivity index (χ3n) is 3.50. The van der Waals surface area contributed by atoms with Gasteiger partial charge < -0.3 is 11.1 Å². The molecule has 5 N–H and O–H groups in total. The third-order valence-corrected chi connectivity index (χ3v) is 3.91. The molecule has 3 rings (SSSR count). The molecule has 24 heavy (non-hydrogen) atoms. The van der Waals surface area contributed by atoms with Crippen LogP contribution in [-0.2, 0) is 0 Å². The standard InChI is InChI=1S/C17H17ClN6/c1-11-13(18)8-5-9-14(11)22-16-15(19)17(21-10-20-16)24-23-12-6-3-2-4-7-12/h2-10,23H,19H2,1H3,(H2,20,21,22,24). The Morgan fingerprint density at radius 2 is 1.67 bits per heavy atom. The van der Waals surface area contributed by atoms with Crippen LogP contribution in [0.25, 0.3) is 0 Å². The van der Waals surface area contributed by atoms with Crippen LogP contribution in [0.1, 0.15) is 5.56 Å². The van der Waals surface area contributed by atoms with E-state index in [9.17, 15) is 0 Å². The number of nitrogens with two attached hydrogens (primary N) is 1. The van der Waals surface area contributed by atoms with Crippen molar-refractivity contribution in [1.29, 1.82) is 0 Å². The molecule has 0 radical (unpaired) electrons. The first-order chi connectivity index (χ1) is 11.6. The van der Waals surface area contributed by atoms with E-state index in [1.807, 2.05) is 55.5 Å². The van der Waals surface area contributed by atoms with Gasteiger partial charge in [-0.25, -0.2) is 9.97 Å². The Balaban J connectivity index is 1.79. The van der Waals surface area contributed by atoms with E-state index in [4.69, 9.17) is 17.3 Å². The summed E-state index contributed by atoms with van der Waals surface area (Å²) >= 11 is 6.14. The number of para-hydroxylation sites is 1. The fourth-order valence-corrected chi connectivity index (χ4v) is 2.29. The zero-order valence-electron chi connectivity index (χ0n) is 13.0. The SMILES string of the molecule is Cc1c(Cl)cccc1Nc1ncnc(NNc2ccccc2)c1N. The molecule has 0 fully saturated rings. The van der Waals surface area contributed by atoms with Crippen molar-refractivity contribution < 1.29 is 0 Å². The number of nitrogen functional groups attached to an aromatic ring is 1. The number of rotatable bonds is 5. The number of aromatic nitrogens is 2. The summed E-state index contributed by atoms with van der Waals surface area (Å²) in [5.74, 6) is 0.990. The molecule has 0 bridgehead atoms. The Labute approximate surface area is 145 Å². The van der Waals surface area contributed by atoms with Crippen LogP contribution in [0.4, 0.5) is 28.7 Å². The fraction of sp³-hybridized carbons (Fsp3) is 0.0588. The molecule has 0 saturated carbocycles. The summed E-state index contributed by atoms with van der Waals surface area (Å²) in [5, 5.41) is 3.87. The lowest BCUT2D eigenvalue weighted by Gasteiger charge is -2.15. The van der Waals surface area contributed by atoms with Gasteiger partial charge in [-0.1, -0.05) is 35.9 Å². The van der Waals surface area contributed by atoms with Crippen LogP contribution < -0.4 is 21.9 Å². The van der Waals surface area contributed by atoms with Crippen molar-refractivity contribution in [2.75, 3.05) is 21.9 Å². The highest BCUT2D eigenvalue weighted by atomic mass is 35.5. The molecule has 0 amide bonds. The lowest BCUT2D eigenvalue weighted by atomic mass is 10.2. The maximum Gasteiger partial charge on any atom is 0.173 e. The van der Waals surface area contributed by atoms with Crippen molar-refractivity contribution in [3.63, 3.8) is 0 Å². The van der Waals surface area contributed by atoms with E-state index in [0.29, 0.717) is 22.3 Å². The second-order valence-corrected chi connectivity index (χ2v) is 5.55. The average molecular weight is 341 g/mol. The Kier molecular flexibility index (Phi) is 4.67. The lowest BCUT2D eigenvalue weighted by Crippen LogP contribution is -2.13. The summed E-state index contributed by atoms with van der Waals surface area (Å²) in [7, 11) is 0. The monoisotopic (exact) mass is 340 g/mol. The van der Waals surface area contributed by atoms with Crippen LogP contribution in [-0.4, -0.2) is 9.97 Å². The zero-order valence-corrected chi connectivity index (χ0v) is 13.8. The van der Waals surface area contributed by atoms with Gasteiger partial charge in [-0.2, -0.15) is 0 Å². The predicted octanol–water partition coefficient (Wildman–Crippen LogP) is 4.20. The van der Waals surface area contributed by atoms with Gasteiger partial charge in [0.2, 0.25) is 0 Å². The quantitative estimate of drug-likeness (QED) is 0.520. The van der Waals surface area contributed by atoms with Crippen LogP contribution in [0.3, 0.4) is 0 Å². The fourth-order valence-electron chi connectivity index (χ4n) is 2.12. The number of nitrogens with zero attached hydrogens (tertiary/aromatic N) is 2. The van der Waals surface area contributed by atoms with Crippen molar-refractivity contribution in [3.05, 3.63) is 65.4 Å². The number of hydrazine groups is 1. The smallest absolute Gasteiger partial charge is 0.173 e. The van der Waals surface area contributed by atoms with E-state index < -0.39 is 0 Å². The van der Waals surface area contributed by atoms with Gasteiger partial charge in [-0.05, 0) is 36.8 Å². The molecular weight excluding hydrogens is 324 g/mol. The Hall–Kier alpha value is -2.99. The minimum absolute atomic E-state index is 0.403. The molecule has 122 valence electrons. The molecule has 6 nitrogen and oxygen atoms in total. The van der Waals surface area contributed by atoms with Gasteiger partial charge >= 0.3 is 0 Å². The van der Waals surface area contributed by atoms with Crippen LogP contribution >= 0.6 is 11.6 Å². The molecule has 0 unspecified atom stereocenters. The summed E-state index contributed by atoms with van der Waals surface area (Å²) in [6, 6.07) is 15.3. The number of benzene rings is 2. The first-order valence-corrected chi connectivity index (χ1v) is 7.72. The number of hydrogen-bond donors (Lipinski definition) is 4. The molecule has 0 saturated heterocycles. The number of hydrogen-bond acceptors (Lipinski definition) is 6. The van der Waals surface area contributed by atoms with Crippen molar-refractivity contribution in [1.82, 2.24) is 9.97 Å².